The van der Waals surface area contributed by atoms with Gasteiger partial charge in [0.05, 0.1) is 11.5 Å². The van der Waals surface area contributed by atoms with E-state index in [0.29, 0.717) is 0 Å². The molecule has 0 saturated carbocycles. The molecule has 0 bridgehead atoms. The monoisotopic (exact) mass is 277 g/mol. The van der Waals surface area contributed by atoms with Crippen molar-refractivity contribution in [2.45, 2.75) is 13.3 Å². The van der Waals surface area contributed by atoms with Gasteiger partial charge < -0.3 is 15.8 Å². The van der Waals surface area contributed by atoms with Crippen LogP contribution >= 0.6 is 0 Å². The lowest BCUT2D eigenvalue weighted by Crippen LogP contribution is -2.16. The fourth-order valence-electron chi connectivity index (χ4n) is 1.34. The lowest BCUT2D eigenvalue weighted by molar-refractivity contribution is -0.385. The highest BCUT2D eigenvalue weighted by molar-refractivity contribution is 5.60. The van der Waals surface area contributed by atoms with Crippen molar-refractivity contribution in [2.75, 3.05) is 30.8 Å². The molecule has 0 aromatic carbocycles. The fraction of sp³-hybridized carbons (Fsp3) is 0.556. The molecular weight excluding hydrogens is 264 g/mol. The third-order valence-electron chi connectivity index (χ3n) is 2.04. The average molecular weight is 277 g/mol. The second kappa shape index (κ2) is 6.73. The molecule has 19 heavy (non-hydrogen) atoms. The normalized spacial score (nSPS) is 10.7. The van der Waals surface area contributed by atoms with Gasteiger partial charge in [0, 0.05) is 6.54 Å². The van der Waals surface area contributed by atoms with Gasteiger partial charge >= 0.3 is 5.69 Å². The van der Waals surface area contributed by atoms with E-state index in [1.807, 2.05) is 0 Å². The SMILES string of the molecule is Cc1nc(N)nc(NCCOCC(F)F)c1[N+](=O)[O-]. The van der Waals surface area contributed by atoms with Crippen molar-refractivity contribution in [2.24, 2.45) is 0 Å². The predicted octanol–water partition coefficient (Wildman–Crippen LogP) is 0.969. The molecule has 0 aliphatic heterocycles. The first-order chi connectivity index (χ1) is 8.91. The Kier molecular flexibility index (Phi) is 5.30. The molecule has 0 unspecified atom stereocenters. The summed E-state index contributed by atoms with van der Waals surface area (Å²) in [5, 5.41) is 13.5. The summed E-state index contributed by atoms with van der Waals surface area (Å²) in [7, 11) is 0. The largest absolute Gasteiger partial charge is 0.374 e. The van der Waals surface area contributed by atoms with Gasteiger partial charge in [0.2, 0.25) is 11.8 Å². The third-order valence-corrected chi connectivity index (χ3v) is 2.04. The Balaban J connectivity index is 2.64. The summed E-state index contributed by atoms with van der Waals surface area (Å²) in [4.78, 5) is 17.6. The summed E-state index contributed by atoms with van der Waals surface area (Å²) in [6.07, 6.45) is -2.55. The van der Waals surface area contributed by atoms with Crippen LogP contribution in [-0.2, 0) is 4.74 Å². The Bertz CT molecular complexity index is 458. The van der Waals surface area contributed by atoms with Crippen LogP contribution in [0, 0.1) is 17.0 Å². The van der Waals surface area contributed by atoms with Crippen molar-refractivity contribution < 1.29 is 18.4 Å². The maximum atomic E-state index is 11.8. The van der Waals surface area contributed by atoms with E-state index in [0.717, 1.165) is 0 Å². The molecule has 8 nitrogen and oxygen atoms in total. The zero-order valence-electron chi connectivity index (χ0n) is 10.1. The molecule has 0 atom stereocenters. The molecule has 1 aromatic heterocycles. The molecule has 0 saturated heterocycles. The van der Waals surface area contributed by atoms with Crippen molar-refractivity contribution in [3.05, 3.63) is 15.8 Å². The van der Waals surface area contributed by atoms with Crippen LogP contribution in [0.4, 0.5) is 26.2 Å². The summed E-state index contributed by atoms with van der Waals surface area (Å²) in [6.45, 7) is 0.789. The standard InChI is InChI=1S/C9H13F2N5O3/c1-5-7(16(17)18)8(15-9(12)14-5)13-2-3-19-4-6(10)11/h6H,2-4H2,1H3,(H3,12,13,14,15). The molecule has 1 heterocycles. The van der Waals surface area contributed by atoms with E-state index in [-0.39, 0.29) is 36.3 Å². The molecule has 0 amide bonds. The Morgan fingerprint density at radius 3 is 2.79 bits per heavy atom. The number of hydrogen-bond acceptors (Lipinski definition) is 7. The minimum Gasteiger partial charge on any atom is -0.374 e. The van der Waals surface area contributed by atoms with E-state index in [1.165, 1.54) is 6.92 Å². The van der Waals surface area contributed by atoms with Crippen LogP contribution in [0.25, 0.3) is 0 Å². The van der Waals surface area contributed by atoms with E-state index < -0.39 is 18.0 Å². The fourth-order valence-corrected chi connectivity index (χ4v) is 1.34. The number of nitrogens with two attached hydrogens (primary N) is 1. The highest BCUT2D eigenvalue weighted by atomic mass is 19.3. The molecule has 1 aromatic rings. The van der Waals surface area contributed by atoms with E-state index in [2.05, 4.69) is 20.0 Å². The summed E-state index contributed by atoms with van der Waals surface area (Å²) in [6, 6.07) is 0. The molecule has 0 aliphatic rings. The predicted molar refractivity (Wildman–Crippen MR) is 63.1 cm³/mol. The van der Waals surface area contributed by atoms with Crippen LogP contribution in [0.1, 0.15) is 5.69 Å². The minimum absolute atomic E-state index is 0.0373. The summed E-state index contributed by atoms with van der Waals surface area (Å²) in [5.41, 5.74) is 5.20. The van der Waals surface area contributed by atoms with Gasteiger partial charge in [-0.1, -0.05) is 0 Å². The van der Waals surface area contributed by atoms with E-state index in [9.17, 15) is 18.9 Å². The van der Waals surface area contributed by atoms with Crippen molar-refractivity contribution >= 4 is 17.5 Å². The lowest BCUT2D eigenvalue weighted by Gasteiger charge is -2.08. The molecule has 0 aliphatic carbocycles. The van der Waals surface area contributed by atoms with Crippen LogP contribution in [0.15, 0.2) is 0 Å². The molecule has 1 rings (SSSR count). The minimum atomic E-state index is -2.55. The van der Waals surface area contributed by atoms with Crippen molar-refractivity contribution in [1.82, 2.24) is 9.97 Å². The first-order valence-electron chi connectivity index (χ1n) is 5.30. The van der Waals surface area contributed by atoms with Gasteiger partial charge in [0.25, 0.3) is 6.43 Å². The van der Waals surface area contributed by atoms with Gasteiger partial charge in [-0.15, -0.1) is 0 Å². The molecule has 10 heteroatoms. The van der Waals surface area contributed by atoms with Gasteiger partial charge in [-0.2, -0.15) is 4.98 Å². The molecule has 0 spiro atoms. The van der Waals surface area contributed by atoms with Crippen LogP contribution < -0.4 is 11.1 Å². The zero-order valence-corrected chi connectivity index (χ0v) is 10.1. The highest BCUT2D eigenvalue weighted by Crippen LogP contribution is 2.25. The van der Waals surface area contributed by atoms with Crippen LogP contribution in [-0.4, -0.2) is 41.1 Å². The van der Waals surface area contributed by atoms with Gasteiger partial charge in [-0.3, -0.25) is 10.1 Å². The topological polar surface area (TPSA) is 116 Å². The van der Waals surface area contributed by atoms with Gasteiger partial charge in [-0.25, -0.2) is 13.8 Å². The number of alkyl halides is 2. The molecular formula is C9H13F2N5O3. The second-order valence-corrected chi connectivity index (χ2v) is 3.51. The smallest absolute Gasteiger partial charge is 0.332 e. The van der Waals surface area contributed by atoms with Crippen LogP contribution in [0.3, 0.4) is 0 Å². The van der Waals surface area contributed by atoms with E-state index >= 15 is 0 Å². The summed E-state index contributed by atoms with van der Waals surface area (Å²) < 4.78 is 28.2. The Morgan fingerprint density at radius 2 is 2.21 bits per heavy atom. The number of nitrogen functional groups attached to an aromatic ring is 1. The average Bonchev–Trinajstić information content (AvgIpc) is 2.26. The third kappa shape index (κ3) is 4.58. The Labute approximate surface area is 107 Å². The number of nitro groups is 1. The van der Waals surface area contributed by atoms with Crippen molar-refractivity contribution in [1.29, 1.82) is 0 Å². The first-order valence-corrected chi connectivity index (χ1v) is 5.30. The Morgan fingerprint density at radius 1 is 1.53 bits per heavy atom. The van der Waals surface area contributed by atoms with E-state index in [4.69, 9.17) is 5.73 Å². The summed E-state index contributed by atoms with van der Waals surface area (Å²) >= 11 is 0. The second-order valence-electron chi connectivity index (χ2n) is 3.51. The van der Waals surface area contributed by atoms with Crippen LogP contribution in [0.5, 0.6) is 0 Å². The van der Waals surface area contributed by atoms with E-state index in [1.54, 1.807) is 0 Å². The first kappa shape index (κ1) is 15.0. The van der Waals surface area contributed by atoms with Gasteiger partial charge in [-0.05, 0) is 6.92 Å². The number of halogens is 2. The van der Waals surface area contributed by atoms with Gasteiger partial charge in [0.1, 0.15) is 12.3 Å². The number of nitrogens with zero attached hydrogens (tertiary/aromatic N) is 3. The highest BCUT2D eigenvalue weighted by Gasteiger charge is 2.21. The lowest BCUT2D eigenvalue weighted by atomic mass is 10.3. The number of aryl methyl sites for hydroxylation is 1. The van der Waals surface area contributed by atoms with Gasteiger partial charge in [0.15, 0.2) is 0 Å². The summed E-state index contributed by atoms with van der Waals surface area (Å²) in [5.74, 6) is -0.172. The quantitative estimate of drug-likeness (QED) is 0.433. The molecule has 0 fully saturated rings. The number of nitrogens with one attached hydrogen (secondary N) is 1. The number of aromatic nitrogens is 2. The molecule has 106 valence electrons. The van der Waals surface area contributed by atoms with Crippen LogP contribution in [0.2, 0.25) is 0 Å². The molecule has 0 radical (unpaired) electrons. The maximum absolute atomic E-state index is 11.8. The van der Waals surface area contributed by atoms with Crippen molar-refractivity contribution in [3.63, 3.8) is 0 Å². The Hall–Kier alpha value is -2.10. The number of hydrogen-bond donors (Lipinski definition) is 2. The zero-order chi connectivity index (χ0) is 14.4. The maximum Gasteiger partial charge on any atom is 0.332 e. The van der Waals surface area contributed by atoms with Crippen molar-refractivity contribution in [3.8, 4) is 0 Å². The molecule has 3 N–H and O–H groups in total. The number of rotatable bonds is 7. The number of ether oxygens (including phenoxy) is 1. The number of anilines is 2.